The van der Waals surface area contributed by atoms with Gasteiger partial charge in [-0.2, -0.15) is 5.10 Å². The molecule has 0 spiro atoms. The van der Waals surface area contributed by atoms with Gasteiger partial charge in [-0.25, -0.2) is 17.9 Å². The van der Waals surface area contributed by atoms with E-state index in [0.29, 0.717) is 31.5 Å². The zero-order valence-electron chi connectivity index (χ0n) is 24.1. The Morgan fingerprint density at radius 2 is 1.88 bits per heavy atom. The monoisotopic (exact) mass is 586 g/mol. The van der Waals surface area contributed by atoms with Crippen molar-refractivity contribution in [2.24, 2.45) is 5.92 Å². The molecule has 9 heteroatoms. The average molecular weight is 587 g/mol. The smallest absolute Gasteiger partial charge is 0.226 e. The molecule has 1 aromatic carbocycles. The van der Waals surface area contributed by atoms with Crippen molar-refractivity contribution in [1.82, 2.24) is 19.6 Å². The van der Waals surface area contributed by atoms with Crippen molar-refractivity contribution in [3.8, 4) is 0 Å². The zero-order chi connectivity index (χ0) is 29.5. The summed E-state index contributed by atoms with van der Waals surface area (Å²) < 4.78 is 44.6. The molecule has 1 aromatic heterocycles. The molecule has 5 rings (SSSR count). The maximum atomic E-state index is 15.0. The Morgan fingerprint density at radius 1 is 1.10 bits per heavy atom. The van der Waals surface area contributed by atoms with Gasteiger partial charge in [0.15, 0.2) is 0 Å². The Labute approximate surface area is 245 Å². The minimum atomic E-state index is -0.807. The van der Waals surface area contributed by atoms with Gasteiger partial charge in [-0.15, -0.1) is 11.6 Å². The number of rotatable bonds is 5. The molecule has 220 valence electrons. The topological polar surface area (TPSA) is 41.4 Å². The summed E-state index contributed by atoms with van der Waals surface area (Å²) >= 11 is 6.07. The lowest BCUT2D eigenvalue weighted by atomic mass is 9.87. The fourth-order valence-corrected chi connectivity index (χ4v) is 6.81. The van der Waals surface area contributed by atoms with Crippen LogP contribution in [0.3, 0.4) is 0 Å². The SMILES string of the molecule is Cc1cc(C2CCCN(C(=O)C3CC(C)(N(C)C)CC3c3ccc(F)cc3F)CC2)n(C2=CC=C(F)C(Cl)C=C2)n1. The predicted octanol–water partition coefficient (Wildman–Crippen LogP) is 6.95. The molecule has 3 aliphatic rings. The number of hydrogen-bond donors (Lipinski definition) is 0. The molecular weight excluding hydrogens is 549 g/mol. The molecule has 1 saturated carbocycles. The van der Waals surface area contributed by atoms with Crippen molar-refractivity contribution >= 4 is 23.2 Å². The van der Waals surface area contributed by atoms with Crippen molar-refractivity contribution < 1.29 is 18.0 Å². The summed E-state index contributed by atoms with van der Waals surface area (Å²) in [6.45, 7) is 5.25. The number of likely N-dealkylation sites (tertiary alicyclic amines) is 1. The standard InChI is InChI=1S/C32H38ClF3N4O/c1-20-16-30(40(37-20)23-8-11-27(33)28(35)12-9-23)21-6-5-14-39(15-13-21)31(41)26-19-32(2,38(3)4)18-25(26)24-10-7-22(34)17-29(24)36/h7-12,16-17,21,25-27H,5-6,13-15,18-19H2,1-4H3. The summed E-state index contributed by atoms with van der Waals surface area (Å²) in [5, 5.41) is 3.89. The minimum absolute atomic E-state index is 0.0396. The fourth-order valence-electron chi connectivity index (χ4n) is 6.66. The Morgan fingerprint density at radius 3 is 2.61 bits per heavy atom. The van der Waals surface area contributed by atoms with Crippen LogP contribution in [0.15, 0.2) is 54.4 Å². The number of halogens is 4. The molecule has 2 heterocycles. The third-order valence-electron chi connectivity index (χ3n) is 9.24. The normalized spacial score (nSPS) is 28.9. The molecule has 2 aromatic rings. The number of benzene rings is 1. The van der Waals surface area contributed by atoms with Crippen molar-refractivity contribution in [1.29, 1.82) is 0 Å². The van der Waals surface area contributed by atoms with E-state index < -0.39 is 28.8 Å². The van der Waals surface area contributed by atoms with Crippen molar-refractivity contribution in [2.45, 2.75) is 68.7 Å². The summed E-state index contributed by atoms with van der Waals surface area (Å²) in [6, 6.07) is 5.76. The number of nitrogens with zero attached hydrogens (tertiary/aromatic N) is 4. The van der Waals surface area contributed by atoms with Crippen LogP contribution in [0, 0.1) is 24.5 Å². The second-order valence-corrected chi connectivity index (χ2v) is 12.6. The molecule has 0 radical (unpaired) electrons. The third kappa shape index (κ3) is 6.05. The van der Waals surface area contributed by atoms with E-state index in [9.17, 15) is 18.0 Å². The quantitative estimate of drug-likeness (QED) is 0.356. The molecule has 5 nitrogen and oxygen atoms in total. The lowest BCUT2D eigenvalue weighted by molar-refractivity contribution is -0.136. The number of amides is 1. The van der Waals surface area contributed by atoms with E-state index >= 15 is 0 Å². The molecule has 1 amide bonds. The molecule has 41 heavy (non-hydrogen) atoms. The molecule has 1 aliphatic heterocycles. The lowest BCUT2D eigenvalue weighted by Gasteiger charge is -2.33. The molecule has 5 atom stereocenters. The number of allylic oxidation sites excluding steroid dienone is 6. The summed E-state index contributed by atoms with van der Waals surface area (Å²) in [4.78, 5) is 18.2. The van der Waals surface area contributed by atoms with Gasteiger partial charge in [0.1, 0.15) is 22.8 Å². The maximum Gasteiger partial charge on any atom is 0.226 e. The number of aryl methyl sites for hydroxylation is 1. The number of hydrogen-bond acceptors (Lipinski definition) is 3. The van der Waals surface area contributed by atoms with Crippen LogP contribution in [0.2, 0.25) is 0 Å². The van der Waals surface area contributed by atoms with Gasteiger partial charge in [0.2, 0.25) is 5.91 Å². The molecule has 2 fully saturated rings. The largest absolute Gasteiger partial charge is 0.342 e. The highest BCUT2D eigenvalue weighted by Gasteiger charge is 2.49. The van der Waals surface area contributed by atoms with Gasteiger partial charge in [0.25, 0.3) is 0 Å². The molecular formula is C32H38ClF3N4O. The van der Waals surface area contributed by atoms with Crippen LogP contribution in [-0.2, 0) is 4.79 Å². The summed E-state index contributed by atoms with van der Waals surface area (Å²) in [6.07, 6.45) is 10.2. The lowest BCUT2D eigenvalue weighted by Crippen LogP contribution is -2.41. The molecule has 1 saturated heterocycles. The first kappa shape index (κ1) is 29.6. The van der Waals surface area contributed by atoms with E-state index in [0.717, 1.165) is 42.4 Å². The van der Waals surface area contributed by atoms with E-state index in [-0.39, 0.29) is 23.3 Å². The van der Waals surface area contributed by atoms with Gasteiger partial charge < -0.3 is 9.80 Å². The average Bonchev–Trinajstić information content (AvgIpc) is 3.31. The van der Waals surface area contributed by atoms with E-state index in [4.69, 9.17) is 16.7 Å². The van der Waals surface area contributed by atoms with Gasteiger partial charge >= 0.3 is 0 Å². The number of carbonyl (C=O) groups is 1. The van der Waals surface area contributed by atoms with Crippen molar-refractivity contribution in [3.63, 3.8) is 0 Å². The Bertz CT molecular complexity index is 1400. The van der Waals surface area contributed by atoms with E-state index in [1.807, 2.05) is 30.6 Å². The van der Waals surface area contributed by atoms with Crippen LogP contribution in [0.25, 0.3) is 5.70 Å². The maximum absolute atomic E-state index is 15.0. The molecule has 5 unspecified atom stereocenters. The van der Waals surface area contributed by atoms with Gasteiger partial charge in [-0.1, -0.05) is 12.1 Å². The summed E-state index contributed by atoms with van der Waals surface area (Å²) in [5.74, 6) is -2.14. The highest BCUT2D eigenvalue weighted by Crippen LogP contribution is 2.49. The van der Waals surface area contributed by atoms with Gasteiger partial charge in [-0.05, 0) is 96.0 Å². The molecule has 0 bridgehead atoms. The summed E-state index contributed by atoms with van der Waals surface area (Å²) in [5.41, 5.74) is 2.76. The van der Waals surface area contributed by atoms with E-state index in [1.54, 1.807) is 18.2 Å². The highest BCUT2D eigenvalue weighted by molar-refractivity contribution is 6.23. The van der Waals surface area contributed by atoms with E-state index in [1.165, 1.54) is 18.2 Å². The van der Waals surface area contributed by atoms with Crippen LogP contribution in [0.5, 0.6) is 0 Å². The number of aromatic nitrogens is 2. The molecule has 2 aliphatic carbocycles. The Balaban J connectivity index is 1.37. The predicted molar refractivity (Wildman–Crippen MR) is 156 cm³/mol. The van der Waals surface area contributed by atoms with Crippen LogP contribution < -0.4 is 0 Å². The third-order valence-corrected chi connectivity index (χ3v) is 9.59. The number of alkyl halides is 1. The van der Waals surface area contributed by atoms with Crippen LogP contribution in [0.1, 0.15) is 67.8 Å². The zero-order valence-corrected chi connectivity index (χ0v) is 24.8. The Kier molecular flexibility index (Phi) is 8.53. The Hall–Kier alpha value is -2.84. The van der Waals surface area contributed by atoms with Gasteiger partial charge in [0.05, 0.1) is 11.4 Å². The fraction of sp³-hybridized carbons (Fsp3) is 0.500. The van der Waals surface area contributed by atoms with Crippen LogP contribution >= 0.6 is 11.6 Å². The van der Waals surface area contributed by atoms with Gasteiger partial charge in [-0.3, -0.25) is 4.79 Å². The van der Waals surface area contributed by atoms with Crippen molar-refractivity contribution in [3.05, 3.63) is 83.0 Å². The number of carbonyl (C=O) groups excluding carboxylic acids is 1. The summed E-state index contributed by atoms with van der Waals surface area (Å²) in [7, 11) is 3.98. The van der Waals surface area contributed by atoms with Crippen LogP contribution in [-0.4, -0.2) is 63.6 Å². The first-order valence-corrected chi connectivity index (χ1v) is 14.8. The first-order chi connectivity index (χ1) is 19.5. The first-order valence-electron chi connectivity index (χ1n) is 14.3. The second-order valence-electron chi connectivity index (χ2n) is 12.2. The second kappa shape index (κ2) is 11.8. The van der Waals surface area contributed by atoms with Crippen LogP contribution in [0.4, 0.5) is 13.2 Å². The molecule has 0 N–H and O–H groups in total. The minimum Gasteiger partial charge on any atom is -0.342 e. The van der Waals surface area contributed by atoms with E-state index in [2.05, 4.69) is 17.9 Å². The van der Waals surface area contributed by atoms with Gasteiger partial charge in [0, 0.05) is 48.1 Å². The highest BCUT2D eigenvalue weighted by atomic mass is 35.5. The van der Waals surface area contributed by atoms with Crippen molar-refractivity contribution in [2.75, 3.05) is 27.2 Å².